The van der Waals surface area contributed by atoms with E-state index in [1.54, 1.807) is 24.3 Å². The molecule has 0 aliphatic rings. The highest BCUT2D eigenvalue weighted by atomic mass is 19.1. The van der Waals surface area contributed by atoms with Crippen LogP contribution in [0.5, 0.6) is 5.75 Å². The number of ether oxygens (including phenoxy) is 1. The summed E-state index contributed by atoms with van der Waals surface area (Å²) in [6, 6.07) is 17.3. The van der Waals surface area contributed by atoms with Gasteiger partial charge in [-0.1, -0.05) is 12.1 Å². The number of aliphatic hydroxyl groups excluding tert-OH is 1. The Balaban J connectivity index is 1.49. The number of aromatic nitrogens is 2. The first-order chi connectivity index (χ1) is 12.6. The van der Waals surface area contributed by atoms with Gasteiger partial charge >= 0.3 is 0 Å². The Morgan fingerprint density at radius 1 is 1.08 bits per heavy atom. The maximum Gasteiger partial charge on any atom is 0.148 e. The van der Waals surface area contributed by atoms with Crippen molar-refractivity contribution in [2.24, 2.45) is 0 Å². The van der Waals surface area contributed by atoms with Crippen LogP contribution in [-0.4, -0.2) is 34.6 Å². The maximum absolute atomic E-state index is 13.0. The van der Waals surface area contributed by atoms with Crippen LogP contribution in [-0.2, 0) is 0 Å². The first-order valence-corrected chi connectivity index (χ1v) is 8.31. The van der Waals surface area contributed by atoms with Crippen molar-refractivity contribution >= 4 is 5.82 Å². The zero-order chi connectivity index (χ0) is 18.4. The number of aryl methyl sites for hydroxylation is 1. The fraction of sp³-hybridized carbons (Fsp3) is 0.200. The van der Waals surface area contributed by atoms with E-state index in [1.807, 2.05) is 31.2 Å². The van der Waals surface area contributed by atoms with Crippen molar-refractivity contribution in [3.05, 3.63) is 72.0 Å². The summed E-state index contributed by atoms with van der Waals surface area (Å²) >= 11 is 0. The molecule has 2 N–H and O–H groups in total. The second-order valence-electron chi connectivity index (χ2n) is 5.97. The molecule has 0 spiro atoms. The maximum atomic E-state index is 13.0. The number of rotatable bonds is 7. The molecule has 1 atom stereocenters. The predicted molar refractivity (Wildman–Crippen MR) is 98.6 cm³/mol. The highest BCUT2D eigenvalue weighted by molar-refractivity contribution is 5.59. The third-order valence-corrected chi connectivity index (χ3v) is 3.76. The fourth-order valence-corrected chi connectivity index (χ4v) is 2.38. The van der Waals surface area contributed by atoms with Crippen molar-refractivity contribution in [2.45, 2.75) is 13.0 Å². The van der Waals surface area contributed by atoms with E-state index in [9.17, 15) is 9.50 Å². The summed E-state index contributed by atoms with van der Waals surface area (Å²) in [5, 5.41) is 21.2. The van der Waals surface area contributed by atoms with Crippen molar-refractivity contribution in [1.82, 2.24) is 10.2 Å². The highest BCUT2D eigenvalue weighted by Crippen LogP contribution is 2.17. The fourth-order valence-electron chi connectivity index (χ4n) is 2.38. The molecule has 1 heterocycles. The Kier molecular flexibility index (Phi) is 5.76. The lowest BCUT2D eigenvalue weighted by Crippen LogP contribution is -2.26. The van der Waals surface area contributed by atoms with Gasteiger partial charge in [-0.15, -0.1) is 10.2 Å². The van der Waals surface area contributed by atoms with Gasteiger partial charge < -0.3 is 15.2 Å². The molecule has 1 aromatic heterocycles. The summed E-state index contributed by atoms with van der Waals surface area (Å²) in [5.74, 6) is 0.986. The zero-order valence-corrected chi connectivity index (χ0v) is 14.4. The van der Waals surface area contributed by atoms with Crippen LogP contribution in [0.25, 0.3) is 11.3 Å². The average Bonchev–Trinajstić information content (AvgIpc) is 2.66. The SMILES string of the molecule is Cc1cccc(OCC(O)CNc2ccc(-c3ccc(F)cc3)nn2)c1. The largest absolute Gasteiger partial charge is 0.491 e. The third kappa shape index (κ3) is 5.00. The first-order valence-electron chi connectivity index (χ1n) is 8.31. The lowest BCUT2D eigenvalue weighted by Gasteiger charge is -2.13. The quantitative estimate of drug-likeness (QED) is 0.681. The molecule has 0 fully saturated rings. The van der Waals surface area contributed by atoms with Gasteiger partial charge in [-0.05, 0) is 61.0 Å². The lowest BCUT2D eigenvalue weighted by molar-refractivity contribution is 0.117. The summed E-state index contributed by atoms with van der Waals surface area (Å²) in [6.45, 7) is 2.45. The second kappa shape index (κ2) is 8.40. The van der Waals surface area contributed by atoms with Crippen LogP contribution in [0.2, 0.25) is 0 Å². The van der Waals surface area contributed by atoms with Gasteiger partial charge in [0.25, 0.3) is 0 Å². The number of anilines is 1. The van der Waals surface area contributed by atoms with Gasteiger partial charge in [0.1, 0.15) is 30.1 Å². The van der Waals surface area contributed by atoms with Crippen LogP contribution < -0.4 is 10.1 Å². The summed E-state index contributed by atoms with van der Waals surface area (Å²) < 4.78 is 18.5. The molecule has 0 amide bonds. The molecule has 26 heavy (non-hydrogen) atoms. The van der Waals surface area contributed by atoms with E-state index >= 15 is 0 Å². The van der Waals surface area contributed by atoms with Crippen LogP contribution in [0.15, 0.2) is 60.7 Å². The molecule has 0 aliphatic heterocycles. The van der Waals surface area contributed by atoms with Crippen molar-refractivity contribution in [1.29, 1.82) is 0 Å². The van der Waals surface area contributed by atoms with Gasteiger partial charge in [0.05, 0.1) is 5.69 Å². The predicted octanol–water partition coefficient (Wildman–Crippen LogP) is 3.44. The average molecular weight is 353 g/mol. The van der Waals surface area contributed by atoms with Gasteiger partial charge in [0.15, 0.2) is 0 Å². The van der Waals surface area contributed by atoms with E-state index in [2.05, 4.69) is 15.5 Å². The number of hydrogen-bond acceptors (Lipinski definition) is 5. The third-order valence-electron chi connectivity index (χ3n) is 3.76. The minimum atomic E-state index is -0.686. The first kappa shape index (κ1) is 17.8. The Labute approximate surface area is 151 Å². The van der Waals surface area contributed by atoms with Gasteiger partial charge in [-0.25, -0.2) is 4.39 Å². The molecule has 2 aromatic carbocycles. The molecule has 5 nitrogen and oxygen atoms in total. The monoisotopic (exact) mass is 353 g/mol. The summed E-state index contributed by atoms with van der Waals surface area (Å²) in [5.41, 5.74) is 2.54. The molecule has 0 saturated heterocycles. The number of nitrogens with zero attached hydrogens (tertiary/aromatic N) is 2. The van der Waals surface area contributed by atoms with Gasteiger partial charge in [-0.2, -0.15) is 0 Å². The minimum absolute atomic E-state index is 0.178. The van der Waals surface area contributed by atoms with Crippen LogP contribution in [0.3, 0.4) is 0 Å². The van der Waals surface area contributed by atoms with Crippen LogP contribution in [0.1, 0.15) is 5.56 Å². The van der Waals surface area contributed by atoms with Gasteiger partial charge in [0.2, 0.25) is 0 Å². The molecule has 0 aliphatic carbocycles. The van der Waals surface area contributed by atoms with Crippen molar-refractivity contribution in [2.75, 3.05) is 18.5 Å². The molecular weight excluding hydrogens is 333 g/mol. The molecule has 6 heteroatoms. The molecule has 0 saturated carbocycles. The van der Waals surface area contributed by atoms with Crippen LogP contribution in [0.4, 0.5) is 10.2 Å². The molecular formula is C20H20FN3O2. The Bertz CT molecular complexity index is 838. The Morgan fingerprint density at radius 3 is 2.58 bits per heavy atom. The molecule has 0 radical (unpaired) electrons. The van der Waals surface area contributed by atoms with E-state index in [-0.39, 0.29) is 19.0 Å². The van der Waals surface area contributed by atoms with Gasteiger partial charge in [0, 0.05) is 12.1 Å². The molecule has 3 aromatic rings. The molecule has 3 rings (SSSR count). The molecule has 0 bridgehead atoms. The number of benzene rings is 2. The van der Waals surface area contributed by atoms with Crippen molar-refractivity contribution < 1.29 is 14.2 Å². The van der Waals surface area contributed by atoms with E-state index in [1.165, 1.54) is 12.1 Å². The van der Waals surface area contributed by atoms with Crippen LogP contribution >= 0.6 is 0 Å². The van der Waals surface area contributed by atoms with Crippen molar-refractivity contribution in [3.8, 4) is 17.0 Å². The minimum Gasteiger partial charge on any atom is -0.491 e. The normalized spacial score (nSPS) is 11.8. The van der Waals surface area contributed by atoms with E-state index < -0.39 is 6.10 Å². The Hall–Kier alpha value is -2.99. The zero-order valence-electron chi connectivity index (χ0n) is 14.4. The second-order valence-corrected chi connectivity index (χ2v) is 5.97. The molecule has 1 unspecified atom stereocenters. The highest BCUT2D eigenvalue weighted by Gasteiger charge is 2.07. The smallest absolute Gasteiger partial charge is 0.148 e. The number of halogens is 1. The lowest BCUT2D eigenvalue weighted by atomic mass is 10.1. The van der Waals surface area contributed by atoms with Gasteiger partial charge in [-0.3, -0.25) is 0 Å². The van der Waals surface area contributed by atoms with E-state index in [0.717, 1.165) is 16.9 Å². The number of aliphatic hydroxyl groups is 1. The number of nitrogens with one attached hydrogen (secondary N) is 1. The van der Waals surface area contributed by atoms with E-state index in [0.29, 0.717) is 11.5 Å². The topological polar surface area (TPSA) is 67.3 Å². The number of hydrogen-bond donors (Lipinski definition) is 2. The summed E-state index contributed by atoms with van der Waals surface area (Å²) in [7, 11) is 0. The summed E-state index contributed by atoms with van der Waals surface area (Å²) in [4.78, 5) is 0. The standard InChI is InChI=1S/C20H20FN3O2/c1-14-3-2-4-18(11-14)26-13-17(25)12-22-20-10-9-19(23-24-20)15-5-7-16(21)8-6-15/h2-11,17,25H,12-13H2,1H3,(H,22,24). The van der Waals surface area contributed by atoms with Crippen LogP contribution in [0, 0.1) is 12.7 Å². The summed E-state index contributed by atoms with van der Waals surface area (Å²) in [6.07, 6.45) is -0.686. The Morgan fingerprint density at radius 2 is 1.88 bits per heavy atom. The molecule has 134 valence electrons. The van der Waals surface area contributed by atoms with Crippen molar-refractivity contribution in [3.63, 3.8) is 0 Å². The van der Waals surface area contributed by atoms with E-state index in [4.69, 9.17) is 4.74 Å².